The van der Waals surface area contributed by atoms with Crippen LogP contribution in [0.15, 0.2) is 54.9 Å². The Hall–Kier alpha value is -2.74. The number of aromatic nitrogens is 2. The second kappa shape index (κ2) is 10.3. The minimum Gasteiger partial charge on any atom is -0.477 e. The summed E-state index contributed by atoms with van der Waals surface area (Å²) in [6, 6.07) is 13.1. The number of halogens is 2. The molecule has 3 rings (SSSR count). The smallest absolute Gasteiger partial charge is 0.354 e. The second-order valence-corrected chi connectivity index (χ2v) is 4.51. The zero-order valence-corrected chi connectivity index (χ0v) is 15.4. The van der Waals surface area contributed by atoms with Crippen molar-refractivity contribution in [1.29, 1.82) is 0 Å². The fourth-order valence-electron chi connectivity index (χ4n) is 1.78. The number of carboxylic acids is 1. The van der Waals surface area contributed by atoms with Gasteiger partial charge in [-0.2, -0.15) is 5.90 Å². The Bertz CT molecular complexity index is 853. The van der Waals surface area contributed by atoms with E-state index in [0.717, 1.165) is 6.07 Å². The van der Waals surface area contributed by atoms with Crippen molar-refractivity contribution in [1.82, 2.24) is 9.97 Å². The van der Waals surface area contributed by atoms with Crippen LogP contribution in [0.1, 0.15) is 10.5 Å². The quantitative estimate of drug-likeness (QED) is 0.395. The largest absolute Gasteiger partial charge is 0.477 e. The molecule has 26 heavy (non-hydrogen) atoms. The number of benzene rings is 1. The Morgan fingerprint density at radius 1 is 1.12 bits per heavy atom. The van der Waals surface area contributed by atoms with Crippen molar-refractivity contribution in [3.8, 4) is 17.0 Å². The maximum Gasteiger partial charge on any atom is 0.354 e. The topological polar surface area (TPSA) is 98.3 Å². The summed E-state index contributed by atoms with van der Waals surface area (Å²) >= 11 is 0. The van der Waals surface area contributed by atoms with Crippen molar-refractivity contribution in [2.75, 3.05) is 0 Å². The predicted octanol–water partition coefficient (Wildman–Crippen LogP) is 2.86. The van der Waals surface area contributed by atoms with Crippen LogP contribution in [0.4, 0.5) is 8.78 Å². The van der Waals surface area contributed by atoms with Crippen molar-refractivity contribution in [3.05, 3.63) is 78.3 Å². The Kier molecular flexibility index (Phi) is 8.44. The van der Waals surface area contributed by atoms with Gasteiger partial charge in [-0.05, 0) is 23.9 Å². The van der Waals surface area contributed by atoms with Crippen molar-refractivity contribution >= 4 is 5.97 Å². The molecule has 1 aromatic carbocycles. The van der Waals surface area contributed by atoms with Crippen molar-refractivity contribution < 1.29 is 43.6 Å². The second-order valence-electron chi connectivity index (χ2n) is 4.51. The number of nitrogens with two attached hydrogens (primary N) is 1. The summed E-state index contributed by atoms with van der Waals surface area (Å²) in [6.45, 7) is 0. The van der Waals surface area contributed by atoms with E-state index in [9.17, 15) is 13.6 Å². The molecule has 9 heteroatoms. The molecule has 2 heterocycles. The van der Waals surface area contributed by atoms with Gasteiger partial charge in [0.15, 0.2) is 0 Å². The number of nitrogens with zero attached hydrogens (tertiary/aromatic N) is 2. The van der Waals surface area contributed by atoms with E-state index >= 15 is 0 Å². The Morgan fingerprint density at radius 2 is 1.77 bits per heavy atom. The van der Waals surface area contributed by atoms with Crippen LogP contribution in [0.2, 0.25) is 0 Å². The molecule has 0 bridgehead atoms. The third-order valence-electron chi connectivity index (χ3n) is 2.90. The molecule has 0 amide bonds. The van der Waals surface area contributed by atoms with Gasteiger partial charge in [0.05, 0.1) is 11.6 Å². The molecule has 3 N–H and O–H groups in total. The number of aromatic carboxylic acids is 1. The first-order valence-electron chi connectivity index (χ1n) is 6.86. The summed E-state index contributed by atoms with van der Waals surface area (Å²) in [4.78, 5) is 21.8. The molecule has 3 aromatic rings. The van der Waals surface area contributed by atoms with Gasteiger partial charge in [0, 0.05) is 32.5 Å². The molecule has 6 nitrogen and oxygen atoms in total. The maximum absolute atomic E-state index is 13.7. The monoisotopic (exact) mass is 537 g/mol. The molecule has 0 unspecified atom stereocenters. The van der Waals surface area contributed by atoms with Gasteiger partial charge < -0.3 is 14.9 Å². The van der Waals surface area contributed by atoms with Crippen LogP contribution in [0, 0.1) is 17.7 Å². The van der Waals surface area contributed by atoms with E-state index in [1.54, 1.807) is 30.3 Å². The summed E-state index contributed by atoms with van der Waals surface area (Å²) < 4.78 is 26.8. The molecule has 0 spiro atoms. The minimum atomic E-state index is -0.990. The van der Waals surface area contributed by atoms with Crippen LogP contribution in [-0.2, 0) is 20.1 Å². The summed E-state index contributed by atoms with van der Waals surface area (Å²) in [5.41, 5.74) is 0.429. The van der Waals surface area contributed by atoms with Gasteiger partial charge in [-0.15, -0.1) is 12.1 Å². The average Bonchev–Trinajstić information content (AvgIpc) is 2.64. The van der Waals surface area contributed by atoms with Gasteiger partial charge in [0.1, 0.15) is 11.4 Å². The molecule has 0 atom stereocenters. The number of pyridine rings is 2. The number of carbonyl (C=O) groups is 1. The first-order chi connectivity index (χ1) is 12.0. The molecule has 0 aliphatic carbocycles. The molecule has 137 valence electrons. The van der Waals surface area contributed by atoms with E-state index in [0.29, 0.717) is 5.69 Å². The van der Waals surface area contributed by atoms with E-state index in [1.807, 2.05) is 0 Å². The van der Waals surface area contributed by atoms with E-state index < -0.39 is 23.4 Å². The zero-order valence-electron chi connectivity index (χ0n) is 13.0. The molecule has 1 radical (unpaired) electrons. The third kappa shape index (κ3) is 5.38. The fraction of sp³-hybridized carbons (Fsp3) is 0. The van der Waals surface area contributed by atoms with Gasteiger partial charge >= 0.3 is 5.97 Å². The van der Waals surface area contributed by atoms with E-state index in [-0.39, 0.29) is 31.4 Å². The van der Waals surface area contributed by atoms with Crippen LogP contribution >= 0.6 is 0 Å². The molecule has 2 aromatic heterocycles. The standard InChI is InChI=1S/C11H7F2N2O.C6H5NO2.Ir/c12-8-5-4-7(10(13)11(8)16-14)9-3-1-2-6-15-9;8-6(9)5-3-1-2-4-7-5;/h1-3,5-6H,14H2;1-4H,(H,8,9);/q-1;;. The Morgan fingerprint density at radius 3 is 2.23 bits per heavy atom. The summed E-state index contributed by atoms with van der Waals surface area (Å²) in [5.74, 6) is 1.34. The van der Waals surface area contributed by atoms with E-state index in [4.69, 9.17) is 11.0 Å². The van der Waals surface area contributed by atoms with Crippen LogP contribution in [0.3, 0.4) is 0 Å². The van der Waals surface area contributed by atoms with E-state index in [1.165, 1.54) is 18.5 Å². The molecule has 0 aliphatic rings. The van der Waals surface area contributed by atoms with Crippen LogP contribution in [0.5, 0.6) is 5.75 Å². The number of hydrogen-bond acceptors (Lipinski definition) is 5. The molecule has 0 saturated heterocycles. The molecular weight excluding hydrogens is 524 g/mol. The summed E-state index contributed by atoms with van der Waals surface area (Å²) in [7, 11) is 0. The average molecular weight is 537 g/mol. The minimum absolute atomic E-state index is 0. The summed E-state index contributed by atoms with van der Waals surface area (Å²) in [6.07, 6.45) is 2.94. The van der Waals surface area contributed by atoms with Crippen LogP contribution in [0.25, 0.3) is 11.3 Å². The first kappa shape index (κ1) is 21.3. The SMILES string of the molecule is NOc1c(F)c[c-]c(-c2ccccn2)c1F.O=C(O)c1ccccn1.[Ir]. The number of carboxylic acid groups (broad SMARTS) is 1. The Balaban J connectivity index is 0.000000290. The molecule has 0 aliphatic heterocycles. The zero-order chi connectivity index (χ0) is 18.2. The summed E-state index contributed by atoms with van der Waals surface area (Å²) in [5, 5.41) is 8.32. The molecule has 0 fully saturated rings. The van der Waals surface area contributed by atoms with Gasteiger partial charge in [-0.3, -0.25) is 8.78 Å². The fourth-order valence-corrected chi connectivity index (χ4v) is 1.78. The first-order valence-corrected chi connectivity index (χ1v) is 6.86. The van der Waals surface area contributed by atoms with Gasteiger partial charge in [-0.1, -0.05) is 23.8 Å². The van der Waals surface area contributed by atoms with Gasteiger partial charge in [0.25, 0.3) is 0 Å². The van der Waals surface area contributed by atoms with Gasteiger partial charge in [0.2, 0.25) is 0 Å². The maximum atomic E-state index is 13.7. The molecular formula is C17H12F2IrN3O3-. The van der Waals surface area contributed by atoms with Crippen molar-refractivity contribution in [2.24, 2.45) is 5.90 Å². The van der Waals surface area contributed by atoms with Crippen LogP contribution in [-0.4, -0.2) is 21.0 Å². The molecule has 0 saturated carbocycles. The van der Waals surface area contributed by atoms with Crippen molar-refractivity contribution in [3.63, 3.8) is 0 Å². The Labute approximate surface area is 161 Å². The number of hydrogen-bond donors (Lipinski definition) is 2. The normalized spacial score (nSPS) is 9.35. The predicted molar refractivity (Wildman–Crippen MR) is 84.4 cm³/mol. The van der Waals surface area contributed by atoms with E-state index in [2.05, 4.69) is 20.9 Å². The number of rotatable bonds is 3. The van der Waals surface area contributed by atoms with Crippen LogP contribution < -0.4 is 10.7 Å². The van der Waals surface area contributed by atoms with Gasteiger partial charge in [-0.25, -0.2) is 9.78 Å². The third-order valence-corrected chi connectivity index (χ3v) is 2.90. The van der Waals surface area contributed by atoms with Crippen molar-refractivity contribution in [2.45, 2.75) is 0 Å².